The van der Waals surface area contributed by atoms with Crippen molar-refractivity contribution in [3.63, 3.8) is 0 Å². The fraction of sp³-hybridized carbons (Fsp3) is 0.533. The lowest BCUT2D eigenvalue weighted by molar-refractivity contribution is 0.0579. The first kappa shape index (κ1) is 14.0. The van der Waals surface area contributed by atoms with Gasteiger partial charge in [0.15, 0.2) is 0 Å². The lowest BCUT2D eigenvalue weighted by Crippen LogP contribution is -2.46. The lowest BCUT2D eigenvalue weighted by Gasteiger charge is -2.37. The van der Waals surface area contributed by atoms with E-state index in [1.54, 1.807) is 12.1 Å². The topological polar surface area (TPSA) is 36.3 Å². The molecule has 106 valence electrons. The van der Waals surface area contributed by atoms with Crippen LogP contribution in [0.25, 0.3) is 0 Å². The SMILES string of the molecule is N#CCN1[C@@H]2CC[C@H]1CC(Oc1ccc(Cl)c(Cl)c1)C2. The lowest BCUT2D eigenvalue weighted by atomic mass is 10.00. The van der Waals surface area contributed by atoms with E-state index in [-0.39, 0.29) is 6.10 Å². The van der Waals surface area contributed by atoms with Crippen LogP contribution in [0.3, 0.4) is 0 Å². The van der Waals surface area contributed by atoms with Gasteiger partial charge in [-0.3, -0.25) is 4.90 Å². The highest BCUT2D eigenvalue weighted by Gasteiger charge is 2.41. The van der Waals surface area contributed by atoms with E-state index in [9.17, 15) is 0 Å². The van der Waals surface area contributed by atoms with Gasteiger partial charge >= 0.3 is 0 Å². The largest absolute Gasteiger partial charge is 0.490 e. The van der Waals surface area contributed by atoms with Gasteiger partial charge in [-0.15, -0.1) is 0 Å². The van der Waals surface area contributed by atoms with Gasteiger partial charge in [0.2, 0.25) is 0 Å². The van der Waals surface area contributed by atoms with Crippen molar-refractivity contribution in [2.45, 2.75) is 43.9 Å². The van der Waals surface area contributed by atoms with Crippen molar-refractivity contribution in [3.8, 4) is 11.8 Å². The highest BCUT2D eigenvalue weighted by Crippen LogP contribution is 2.37. The van der Waals surface area contributed by atoms with Crippen LogP contribution in [0.2, 0.25) is 10.0 Å². The number of hydrogen-bond acceptors (Lipinski definition) is 3. The molecule has 1 aromatic carbocycles. The van der Waals surface area contributed by atoms with Gasteiger partial charge in [-0.25, -0.2) is 0 Å². The van der Waals surface area contributed by atoms with Crippen LogP contribution in [-0.2, 0) is 0 Å². The molecule has 1 unspecified atom stereocenters. The Morgan fingerprint density at radius 1 is 1.20 bits per heavy atom. The van der Waals surface area contributed by atoms with E-state index >= 15 is 0 Å². The van der Waals surface area contributed by atoms with Gasteiger partial charge in [0, 0.05) is 18.2 Å². The standard InChI is InChI=1S/C15H16Cl2N2O/c16-14-4-3-12(9-15(14)17)20-13-7-10-1-2-11(8-13)19(10)6-5-18/h3-4,9-11,13H,1-2,6-8H2/t10-,11+,13?. The average Bonchev–Trinajstić information content (AvgIpc) is 2.67. The maximum absolute atomic E-state index is 8.89. The Morgan fingerprint density at radius 2 is 1.90 bits per heavy atom. The summed E-state index contributed by atoms with van der Waals surface area (Å²) >= 11 is 11.9. The molecule has 2 aliphatic rings. The first-order valence-corrected chi connectivity index (χ1v) is 7.67. The smallest absolute Gasteiger partial charge is 0.121 e. The third-order valence-electron chi connectivity index (χ3n) is 4.29. The molecular formula is C15H16Cl2N2O. The number of ether oxygens (including phenoxy) is 1. The van der Waals surface area contributed by atoms with E-state index in [1.807, 2.05) is 6.07 Å². The van der Waals surface area contributed by atoms with Crippen LogP contribution in [0.1, 0.15) is 25.7 Å². The molecule has 2 fully saturated rings. The zero-order valence-electron chi connectivity index (χ0n) is 11.1. The number of halogens is 2. The number of nitrogens with zero attached hydrogens (tertiary/aromatic N) is 2. The Morgan fingerprint density at radius 3 is 2.50 bits per heavy atom. The third-order valence-corrected chi connectivity index (χ3v) is 5.03. The summed E-state index contributed by atoms with van der Waals surface area (Å²) in [5.74, 6) is 0.775. The Balaban J connectivity index is 1.66. The molecule has 2 heterocycles. The van der Waals surface area contributed by atoms with Crippen LogP contribution in [0.4, 0.5) is 0 Å². The number of piperidine rings is 1. The minimum absolute atomic E-state index is 0.208. The molecule has 5 heteroatoms. The summed E-state index contributed by atoms with van der Waals surface area (Å²) in [5.41, 5.74) is 0. The second kappa shape index (κ2) is 5.81. The van der Waals surface area contributed by atoms with Gasteiger partial charge in [0.05, 0.1) is 22.7 Å². The maximum atomic E-state index is 8.89. The Kier molecular flexibility index (Phi) is 4.07. The molecular weight excluding hydrogens is 295 g/mol. The van der Waals surface area contributed by atoms with Crippen molar-refractivity contribution >= 4 is 23.2 Å². The molecule has 3 rings (SSSR count). The van der Waals surface area contributed by atoms with Gasteiger partial charge in [-0.2, -0.15) is 5.26 Å². The Labute approximate surface area is 129 Å². The van der Waals surface area contributed by atoms with Crippen molar-refractivity contribution < 1.29 is 4.74 Å². The molecule has 0 aromatic heterocycles. The van der Waals surface area contributed by atoms with E-state index < -0.39 is 0 Å². The van der Waals surface area contributed by atoms with Crippen LogP contribution in [0.15, 0.2) is 18.2 Å². The van der Waals surface area contributed by atoms with Crippen LogP contribution < -0.4 is 4.74 Å². The summed E-state index contributed by atoms with van der Waals surface area (Å²) in [6, 6.07) is 8.64. The summed E-state index contributed by atoms with van der Waals surface area (Å²) in [4.78, 5) is 2.33. The number of benzene rings is 1. The summed E-state index contributed by atoms with van der Waals surface area (Å²) in [6.45, 7) is 0.537. The van der Waals surface area contributed by atoms with Crippen LogP contribution in [0, 0.1) is 11.3 Å². The van der Waals surface area contributed by atoms with E-state index in [4.69, 9.17) is 33.2 Å². The van der Waals surface area contributed by atoms with E-state index in [0.717, 1.165) is 18.6 Å². The first-order chi connectivity index (χ1) is 9.67. The van der Waals surface area contributed by atoms with Crippen LogP contribution in [0.5, 0.6) is 5.75 Å². The second-order valence-corrected chi connectivity index (χ2v) is 6.32. The molecule has 2 aliphatic heterocycles. The van der Waals surface area contributed by atoms with E-state index in [1.165, 1.54) is 12.8 Å². The Hall–Kier alpha value is -0.950. The molecule has 0 N–H and O–H groups in total. The monoisotopic (exact) mass is 310 g/mol. The maximum Gasteiger partial charge on any atom is 0.121 e. The molecule has 3 atom stereocenters. The van der Waals surface area contributed by atoms with E-state index in [0.29, 0.717) is 28.7 Å². The molecule has 1 aromatic rings. The van der Waals surface area contributed by atoms with Gasteiger partial charge in [0.25, 0.3) is 0 Å². The number of fused-ring (bicyclic) bond motifs is 2. The average molecular weight is 311 g/mol. The molecule has 0 spiro atoms. The zero-order chi connectivity index (χ0) is 14.1. The van der Waals surface area contributed by atoms with Crippen LogP contribution >= 0.6 is 23.2 Å². The summed E-state index contributed by atoms with van der Waals surface area (Å²) in [7, 11) is 0. The second-order valence-electron chi connectivity index (χ2n) is 5.50. The van der Waals surface area contributed by atoms with Crippen molar-refractivity contribution in [3.05, 3.63) is 28.2 Å². The van der Waals surface area contributed by atoms with Gasteiger partial charge in [-0.05, 0) is 37.8 Å². The predicted octanol–water partition coefficient (Wildman–Crippen LogP) is 3.89. The molecule has 0 aliphatic carbocycles. The molecule has 0 amide bonds. The summed E-state index contributed by atoms with van der Waals surface area (Å²) in [6.07, 6.45) is 4.53. The molecule has 2 bridgehead atoms. The number of hydrogen-bond donors (Lipinski definition) is 0. The summed E-state index contributed by atoms with van der Waals surface area (Å²) < 4.78 is 6.05. The fourth-order valence-electron chi connectivity index (χ4n) is 3.40. The van der Waals surface area contributed by atoms with Gasteiger partial charge in [-0.1, -0.05) is 23.2 Å². The van der Waals surface area contributed by atoms with Crippen LogP contribution in [-0.4, -0.2) is 29.6 Å². The van der Waals surface area contributed by atoms with E-state index in [2.05, 4.69) is 11.0 Å². The molecule has 20 heavy (non-hydrogen) atoms. The number of rotatable bonds is 3. The van der Waals surface area contributed by atoms with Crippen molar-refractivity contribution in [2.75, 3.05) is 6.54 Å². The zero-order valence-corrected chi connectivity index (χ0v) is 12.6. The molecule has 2 saturated heterocycles. The van der Waals surface area contributed by atoms with Crippen molar-refractivity contribution in [1.29, 1.82) is 5.26 Å². The minimum Gasteiger partial charge on any atom is -0.490 e. The molecule has 0 radical (unpaired) electrons. The highest BCUT2D eigenvalue weighted by molar-refractivity contribution is 6.42. The Bertz CT molecular complexity index is 529. The minimum atomic E-state index is 0.208. The normalized spacial score (nSPS) is 29.1. The predicted molar refractivity (Wildman–Crippen MR) is 79.2 cm³/mol. The van der Waals surface area contributed by atoms with Crippen molar-refractivity contribution in [1.82, 2.24) is 4.90 Å². The first-order valence-electron chi connectivity index (χ1n) is 6.92. The molecule has 3 nitrogen and oxygen atoms in total. The van der Waals surface area contributed by atoms with Gasteiger partial charge < -0.3 is 4.74 Å². The van der Waals surface area contributed by atoms with Crippen molar-refractivity contribution in [2.24, 2.45) is 0 Å². The quantitative estimate of drug-likeness (QED) is 0.795. The van der Waals surface area contributed by atoms with Gasteiger partial charge in [0.1, 0.15) is 11.9 Å². The summed E-state index contributed by atoms with van der Waals surface area (Å²) in [5, 5.41) is 9.96. The number of nitriles is 1. The third kappa shape index (κ3) is 2.74. The molecule has 0 saturated carbocycles. The highest BCUT2D eigenvalue weighted by atomic mass is 35.5. The fourth-order valence-corrected chi connectivity index (χ4v) is 3.69.